The van der Waals surface area contributed by atoms with E-state index in [2.05, 4.69) is 20.6 Å². The van der Waals surface area contributed by atoms with Gasteiger partial charge in [0.15, 0.2) is 0 Å². The Morgan fingerprint density at radius 3 is 2.00 bits per heavy atom. The number of nitrogens with zero attached hydrogens (tertiary/aromatic N) is 3. The van der Waals surface area contributed by atoms with E-state index in [4.69, 9.17) is 0 Å². The molecule has 0 radical (unpaired) electrons. The number of fused-ring (bicyclic) bond motifs is 1. The molecule has 3 aromatic rings. The second kappa shape index (κ2) is 10.1. The van der Waals surface area contributed by atoms with Crippen LogP contribution in [0.5, 0.6) is 0 Å². The van der Waals surface area contributed by atoms with Crippen molar-refractivity contribution in [3.63, 3.8) is 0 Å². The van der Waals surface area contributed by atoms with Gasteiger partial charge in [0.1, 0.15) is 5.82 Å². The lowest BCUT2D eigenvalue weighted by Gasteiger charge is -2.30. The summed E-state index contributed by atoms with van der Waals surface area (Å²) in [4.78, 5) is 23.7. The van der Waals surface area contributed by atoms with Gasteiger partial charge in [-0.15, -0.1) is 0 Å². The fraction of sp³-hybridized carbons (Fsp3) is 0.400. The maximum atomic E-state index is 13.1. The van der Waals surface area contributed by atoms with Crippen molar-refractivity contribution < 1.29 is 31.1 Å². The summed E-state index contributed by atoms with van der Waals surface area (Å²) < 4.78 is 78.7. The van der Waals surface area contributed by atoms with Crippen LogP contribution in [-0.2, 0) is 12.4 Å². The Balaban J connectivity index is 1.42. The Labute approximate surface area is 209 Å². The molecule has 1 aromatic heterocycles. The van der Waals surface area contributed by atoms with E-state index in [1.165, 1.54) is 0 Å². The van der Waals surface area contributed by atoms with E-state index in [0.717, 1.165) is 16.7 Å². The van der Waals surface area contributed by atoms with Gasteiger partial charge in [-0.3, -0.25) is 4.79 Å². The van der Waals surface area contributed by atoms with Crippen molar-refractivity contribution in [1.82, 2.24) is 15.3 Å². The molecule has 2 aromatic carbocycles. The standard InChI is InChI=1S/C25H25F6N5O/c1-36(2)21-19-5-3-4-6-20(19)34-23(35-21)33-18-9-7-17(8-10-18)32-22(37)14-11-15(24(26,27)28)13-16(12-14)25(29,30)31/h3-6,11-13,17-18H,7-10H2,1-2H3,(H,32,37)(H,33,34,35). The number of hydrogen-bond acceptors (Lipinski definition) is 5. The highest BCUT2D eigenvalue weighted by Gasteiger charge is 2.37. The molecule has 0 bridgehead atoms. The van der Waals surface area contributed by atoms with Gasteiger partial charge in [-0.05, 0) is 56.0 Å². The number of halogens is 6. The fourth-order valence-electron chi connectivity index (χ4n) is 4.38. The Bertz CT molecular complexity index is 1250. The topological polar surface area (TPSA) is 70.2 Å². The molecule has 0 aliphatic heterocycles. The van der Waals surface area contributed by atoms with Gasteiger partial charge in [0.2, 0.25) is 5.95 Å². The van der Waals surface area contributed by atoms with Crippen LogP contribution in [0.3, 0.4) is 0 Å². The van der Waals surface area contributed by atoms with Crippen LogP contribution in [0.15, 0.2) is 42.5 Å². The summed E-state index contributed by atoms with van der Waals surface area (Å²) in [6, 6.07) is 8.11. The SMILES string of the molecule is CN(C)c1nc(NC2CCC(NC(=O)c3cc(C(F)(F)F)cc(C(F)(F)F)c3)CC2)nc2ccccc12. The first-order valence-corrected chi connectivity index (χ1v) is 11.6. The van der Waals surface area contributed by atoms with Crippen LogP contribution >= 0.6 is 0 Å². The molecule has 0 unspecified atom stereocenters. The molecular formula is C25H25F6N5O. The predicted octanol–water partition coefficient (Wildman–Crippen LogP) is 5.89. The molecule has 2 N–H and O–H groups in total. The van der Waals surface area contributed by atoms with E-state index in [9.17, 15) is 31.1 Å². The minimum atomic E-state index is -5.02. The quantitative estimate of drug-likeness (QED) is 0.407. The first-order chi connectivity index (χ1) is 17.3. The first-order valence-electron chi connectivity index (χ1n) is 11.6. The molecule has 1 fully saturated rings. The second-order valence-corrected chi connectivity index (χ2v) is 9.24. The van der Waals surface area contributed by atoms with E-state index in [-0.39, 0.29) is 18.2 Å². The summed E-state index contributed by atoms with van der Waals surface area (Å²) in [6.07, 6.45) is -7.84. The van der Waals surface area contributed by atoms with Crippen molar-refractivity contribution in [1.29, 1.82) is 0 Å². The molecule has 1 amide bonds. The highest BCUT2D eigenvalue weighted by atomic mass is 19.4. The number of aromatic nitrogens is 2. The van der Waals surface area contributed by atoms with E-state index >= 15 is 0 Å². The van der Waals surface area contributed by atoms with Crippen molar-refractivity contribution in [2.24, 2.45) is 0 Å². The summed E-state index contributed by atoms with van der Waals surface area (Å²) in [5.41, 5.74) is -2.94. The molecule has 12 heteroatoms. The summed E-state index contributed by atoms with van der Waals surface area (Å²) in [7, 11) is 3.77. The number of anilines is 2. The molecule has 1 heterocycles. The Kier molecular flexibility index (Phi) is 7.20. The van der Waals surface area contributed by atoms with Crippen molar-refractivity contribution in [2.75, 3.05) is 24.3 Å². The van der Waals surface area contributed by atoms with Crippen molar-refractivity contribution in [3.8, 4) is 0 Å². The lowest BCUT2D eigenvalue weighted by molar-refractivity contribution is -0.143. The zero-order valence-electron chi connectivity index (χ0n) is 20.0. The highest BCUT2D eigenvalue weighted by Crippen LogP contribution is 2.36. The van der Waals surface area contributed by atoms with Crippen molar-refractivity contribution in [3.05, 3.63) is 59.2 Å². The van der Waals surface area contributed by atoms with Crippen LogP contribution in [0.2, 0.25) is 0 Å². The van der Waals surface area contributed by atoms with Crippen LogP contribution in [0, 0.1) is 0 Å². The van der Waals surface area contributed by atoms with E-state index in [1.807, 2.05) is 43.3 Å². The number of alkyl halides is 6. The fourth-order valence-corrected chi connectivity index (χ4v) is 4.38. The third kappa shape index (κ3) is 6.23. The average molecular weight is 525 g/mol. The summed E-state index contributed by atoms with van der Waals surface area (Å²) >= 11 is 0. The molecule has 1 aliphatic rings. The lowest BCUT2D eigenvalue weighted by Crippen LogP contribution is -2.40. The molecule has 0 atom stereocenters. The zero-order valence-corrected chi connectivity index (χ0v) is 20.0. The van der Waals surface area contributed by atoms with Gasteiger partial charge in [0.05, 0.1) is 16.6 Å². The largest absolute Gasteiger partial charge is 0.416 e. The number of amides is 1. The monoisotopic (exact) mass is 525 g/mol. The third-order valence-corrected chi connectivity index (χ3v) is 6.25. The van der Waals surface area contributed by atoms with Gasteiger partial charge in [-0.1, -0.05) is 12.1 Å². The minimum absolute atomic E-state index is 0.00420. The molecule has 4 rings (SSSR count). The number of hydrogen-bond donors (Lipinski definition) is 2. The van der Waals surface area contributed by atoms with Gasteiger partial charge in [0.25, 0.3) is 5.91 Å². The van der Waals surface area contributed by atoms with Gasteiger partial charge >= 0.3 is 12.4 Å². The maximum absolute atomic E-state index is 13.1. The molecule has 1 aliphatic carbocycles. The lowest BCUT2D eigenvalue weighted by atomic mass is 9.91. The van der Waals surface area contributed by atoms with Gasteiger partial charge in [-0.25, -0.2) is 4.98 Å². The van der Waals surface area contributed by atoms with Crippen molar-refractivity contribution in [2.45, 2.75) is 50.1 Å². The molecule has 198 valence electrons. The molecule has 0 saturated heterocycles. The Hall–Kier alpha value is -3.57. The minimum Gasteiger partial charge on any atom is -0.362 e. The summed E-state index contributed by atoms with van der Waals surface area (Å²) in [5, 5.41) is 6.81. The zero-order chi connectivity index (χ0) is 27.0. The highest BCUT2D eigenvalue weighted by molar-refractivity contribution is 5.95. The van der Waals surface area contributed by atoms with E-state index in [0.29, 0.717) is 43.8 Å². The van der Waals surface area contributed by atoms with E-state index < -0.39 is 35.0 Å². The molecule has 6 nitrogen and oxygen atoms in total. The number of para-hydroxylation sites is 1. The third-order valence-electron chi connectivity index (χ3n) is 6.25. The summed E-state index contributed by atoms with van der Waals surface area (Å²) in [6.45, 7) is 0. The summed E-state index contributed by atoms with van der Waals surface area (Å²) in [5.74, 6) is 0.244. The number of benzene rings is 2. The van der Waals surface area contributed by atoms with Crippen LogP contribution in [0.1, 0.15) is 47.2 Å². The Morgan fingerprint density at radius 1 is 0.865 bits per heavy atom. The van der Waals surface area contributed by atoms with Gasteiger partial charge in [-0.2, -0.15) is 31.3 Å². The maximum Gasteiger partial charge on any atom is 0.416 e. The van der Waals surface area contributed by atoms with Gasteiger partial charge in [0, 0.05) is 37.1 Å². The number of rotatable bonds is 5. The molecule has 0 spiro atoms. The van der Waals surface area contributed by atoms with Crippen LogP contribution in [0.4, 0.5) is 38.1 Å². The van der Waals surface area contributed by atoms with Crippen LogP contribution < -0.4 is 15.5 Å². The van der Waals surface area contributed by atoms with E-state index in [1.54, 1.807) is 0 Å². The molecule has 1 saturated carbocycles. The van der Waals surface area contributed by atoms with Crippen LogP contribution in [0.25, 0.3) is 10.9 Å². The first kappa shape index (κ1) is 26.5. The smallest absolute Gasteiger partial charge is 0.362 e. The van der Waals surface area contributed by atoms with Crippen LogP contribution in [-0.4, -0.2) is 42.1 Å². The number of carbonyl (C=O) groups excluding carboxylic acids is 1. The number of nitrogens with one attached hydrogen (secondary N) is 2. The normalized spacial score (nSPS) is 18.5. The second-order valence-electron chi connectivity index (χ2n) is 9.24. The van der Waals surface area contributed by atoms with Gasteiger partial charge < -0.3 is 15.5 Å². The Morgan fingerprint density at radius 2 is 1.43 bits per heavy atom. The average Bonchev–Trinajstić information content (AvgIpc) is 2.83. The predicted molar refractivity (Wildman–Crippen MR) is 127 cm³/mol. The van der Waals surface area contributed by atoms with Crippen molar-refractivity contribution >= 4 is 28.6 Å². The molecule has 37 heavy (non-hydrogen) atoms. The number of carbonyl (C=O) groups is 1. The molecular weight excluding hydrogens is 500 g/mol.